The molecule has 1 aromatic carbocycles. The van der Waals surface area contributed by atoms with Gasteiger partial charge >= 0.3 is 0 Å². The summed E-state index contributed by atoms with van der Waals surface area (Å²) in [7, 11) is 0. The maximum absolute atomic E-state index is 13.2. The van der Waals surface area contributed by atoms with Crippen LogP contribution in [0, 0.1) is 11.6 Å². The van der Waals surface area contributed by atoms with Crippen molar-refractivity contribution in [2.24, 2.45) is 0 Å². The minimum atomic E-state index is -0.875. The molecule has 1 aliphatic rings. The molecule has 2 N–H and O–H groups in total. The minimum Gasteiger partial charge on any atom is -0.398 e. The van der Waals surface area contributed by atoms with Crippen molar-refractivity contribution in [3.8, 4) is 0 Å². The number of nitrogen functional groups attached to an aromatic ring is 1. The summed E-state index contributed by atoms with van der Waals surface area (Å²) in [6, 6.07) is 2.26. The number of nitrogens with two attached hydrogens (primary N) is 1. The molecule has 3 rings (SSSR count). The van der Waals surface area contributed by atoms with Crippen molar-refractivity contribution in [1.82, 2.24) is 4.98 Å². The van der Waals surface area contributed by atoms with Gasteiger partial charge in [0.05, 0.1) is 5.52 Å². The molecule has 0 radical (unpaired) electrons. The van der Waals surface area contributed by atoms with Gasteiger partial charge in [0, 0.05) is 22.8 Å². The molecular formula is C13H12F2N2. The molecule has 0 saturated carbocycles. The molecule has 1 aromatic heterocycles. The van der Waals surface area contributed by atoms with Gasteiger partial charge in [-0.1, -0.05) is 0 Å². The molecule has 0 amide bonds. The predicted octanol–water partition coefficient (Wildman–Crippen LogP) is 2.97. The monoisotopic (exact) mass is 234 g/mol. The van der Waals surface area contributed by atoms with Gasteiger partial charge in [0.1, 0.15) is 0 Å². The van der Waals surface area contributed by atoms with Crippen LogP contribution in [-0.2, 0) is 12.8 Å². The van der Waals surface area contributed by atoms with Gasteiger partial charge in [-0.25, -0.2) is 8.78 Å². The average Bonchev–Trinajstić information content (AvgIpc) is 2.32. The summed E-state index contributed by atoms with van der Waals surface area (Å²) in [5, 5.41) is 0.518. The molecule has 2 aromatic rings. The van der Waals surface area contributed by atoms with E-state index >= 15 is 0 Å². The van der Waals surface area contributed by atoms with Crippen LogP contribution in [0.3, 0.4) is 0 Å². The van der Waals surface area contributed by atoms with Crippen molar-refractivity contribution >= 4 is 16.6 Å². The fraction of sp³-hybridized carbons (Fsp3) is 0.308. The standard InChI is InChI=1S/C13H12F2N2/c14-9-5-8-12(6-10(9)15)17-11-4-2-1-3-7(11)13(8)16/h5-6H,1-4H2,(H2,16,17). The van der Waals surface area contributed by atoms with Crippen LogP contribution in [0.15, 0.2) is 12.1 Å². The maximum Gasteiger partial charge on any atom is 0.161 e. The molecule has 1 aliphatic carbocycles. The largest absolute Gasteiger partial charge is 0.398 e. The Morgan fingerprint density at radius 1 is 1.06 bits per heavy atom. The lowest BCUT2D eigenvalue weighted by atomic mass is 9.93. The third-order valence-electron chi connectivity index (χ3n) is 3.35. The molecule has 0 spiro atoms. The highest BCUT2D eigenvalue weighted by atomic mass is 19.2. The van der Waals surface area contributed by atoms with Gasteiger partial charge in [-0.05, 0) is 37.3 Å². The van der Waals surface area contributed by atoms with E-state index in [1.165, 1.54) is 0 Å². The molecule has 0 unspecified atom stereocenters. The normalized spacial score (nSPS) is 14.9. The Morgan fingerprint density at radius 3 is 2.59 bits per heavy atom. The molecule has 0 fully saturated rings. The smallest absolute Gasteiger partial charge is 0.161 e. The summed E-state index contributed by atoms with van der Waals surface area (Å²) in [5.41, 5.74) is 8.98. The molecule has 4 heteroatoms. The van der Waals surface area contributed by atoms with Crippen molar-refractivity contribution in [2.45, 2.75) is 25.7 Å². The van der Waals surface area contributed by atoms with E-state index in [1.807, 2.05) is 0 Å². The quantitative estimate of drug-likeness (QED) is 0.761. The van der Waals surface area contributed by atoms with Crippen LogP contribution in [0.1, 0.15) is 24.1 Å². The number of pyridine rings is 1. The molecule has 0 bridgehead atoms. The lowest BCUT2D eigenvalue weighted by Gasteiger charge is -2.18. The predicted molar refractivity (Wildman–Crippen MR) is 62.7 cm³/mol. The third-order valence-corrected chi connectivity index (χ3v) is 3.35. The number of rotatable bonds is 0. The van der Waals surface area contributed by atoms with E-state index in [-0.39, 0.29) is 0 Å². The van der Waals surface area contributed by atoms with Crippen LogP contribution < -0.4 is 5.73 Å². The first-order valence-corrected chi connectivity index (χ1v) is 5.73. The first-order chi connectivity index (χ1) is 8.16. The Bertz CT molecular complexity index is 608. The van der Waals surface area contributed by atoms with Crippen LogP contribution in [0.2, 0.25) is 0 Å². The van der Waals surface area contributed by atoms with Crippen molar-refractivity contribution < 1.29 is 8.78 Å². The van der Waals surface area contributed by atoms with Gasteiger partial charge < -0.3 is 5.73 Å². The van der Waals surface area contributed by atoms with Gasteiger partial charge in [0.15, 0.2) is 11.6 Å². The molecule has 88 valence electrons. The lowest BCUT2D eigenvalue weighted by molar-refractivity contribution is 0.510. The molecular weight excluding hydrogens is 222 g/mol. The fourth-order valence-electron chi connectivity index (χ4n) is 2.46. The Labute approximate surface area is 97.5 Å². The number of benzene rings is 1. The number of fused-ring (bicyclic) bond motifs is 2. The first-order valence-electron chi connectivity index (χ1n) is 5.73. The second-order valence-corrected chi connectivity index (χ2v) is 4.44. The number of hydrogen-bond donors (Lipinski definition) is 1. The molecule has 0 atom stereocenters. The summed E-state index contributed by atoms with van der Waals surface area (Å²) in [6.45, 7) is 0. The van der Waals surface area contributed by atoms with E-state index in [9.17, 15) is 8.78 Å². The number of aryl methyl sites for hydroxylation is 1. The topological polar surface area (TPSA) is 38.9 Å². The van der Waals surface area contributed by atoms with E-state index in [0.29, 0.717) is 16.6 Å². The van der Waals surface area contributed by atoms with Crippen LogP contribution in [0.25, 0.3) is 10.9 Å². The van der Waals surface area contributed by atoms with Gasteiger partial charge in [0.25, 0.3) is 0 Å². The molecule has 0 aliphatic heterocycles. The Hall–Kier alpha value is -1.71. The highest BCUT2D eigenvalue weighted by Crippen LogP contribution is 2.31. The van der Waals surface area contributed by atoms with Crippen LogP contribution in [0.5, 0.6) is 0 Å². The Kier molecular flexibility index (Phi) is 2.24. The van der Waals surface area contributed by atoms with Gasteiger partial charge in [0.2, 0.25) is 0 Å². The summed E-state index contributed by atoms with van der Waals surface area (Å²) < 4.78 is 26.4. The average molecular weight is 234 g/mol. The maximum atomic E-state index is 13.2. The molecule has 1 heterocycles. The third kappa shape index (κ3) is 1.55. The summed E-state index contributed by atoms with van der Waals surface area (Å²) >= 11 is 0. The van der Waals surface area contributed by atoms with Crippen LogP contribution in [-0.4, -0.2) is 4.98 Å². The molecule has 0 saturated heterocycles. The van der Waals surface area contributed by atoms with Gasteiger partial charge in [-0.15, -0.1) is 0 Å². The Morgan fingerprint density at radius 2 is 1.76 bits per heavy atom. The number of halogens is 2. The second-order valence-electron chi connectivity index (χ2n) is 4.44. The van der Waals surface area contributed by atoms with Crippen molar-refractivity contribution in [3.05, 3.63) is 35.0 Å². The van der Waals surface area contributed by atoms with Crippen molar-refractivity contribution in [3.63, 3.8) is 0 Å². The summed E-state index contributed by atoms with van der Waals surface area (Å²) in [5.74, 6) is -1.75. The summed E-state index contributed by atoms with van der Waals surface area (Å²) in [6.07, 6.45) is 3.90. The van der Waals surface area contributed by atoms with E-state index in [0.717, 1.165) is 49.1 Å². The SMILES string of the molecule is Nc1c2c(nc3cc(F)c(F)cc13)CCCC2. The van der Waals surface area contributed by atoms with E-state index < -0.39 is 11.6 Å². The highest BCUT2D eigenvalue weighted by Gasteiger charge is 2.17. The fourth-order valence-corrected chi connectivity index (χ4v) is 2.46. The zero-order valence-electron chi connectivity index (χ0n) is 9.26. The second kappa shape index (κ2) is 3.65. The zero-order valence-corrected chi connectivity index (χ0v) is 9.26. The lowest BCUT2D eigenvalue weighted by Crippen LogP contribution is -2.09. The highest BCUT2D eigenvalue weighted by molar-refractivity contribution is 5.92. The van der Waals surface area contributed by atoms with Crippen LogP contribution in [0.4, 0.5) is 14.5 Å². The number of anilines is 1. The molecule has 17 heavy (non-hydrogen) atoms. The Balaban J connectivity index is 2.36. The minimum absolute atomic E-state index is 0.446. The number of hydrogen-bond acceptors (Lipinski definition) is 2. The van der Waals surface area contributed by atoms with Crippen LogP contribution >= 0.6 is 0 Å². The van der Waals surface area contributed by atoms with Crippen molar-refractivity contribution in [1.29, 1.82) is 0 Å². The van der Waals surface area contributed by atoms with Crippen molar-refractivity contribution in [2.75, 3.05) is 5.73 Å². The molecule has 2 nitrogen and oxygen atoms in total. The number of aromatic nitrogens is 1. The van der Waals surface area contributed by atoms with Gasteiger partial charge in [-0.2, -0.15) is 0 Å². The first kappa shape index (κ1) is 10.4. The zero-order chi connectivity index (χ0) is 12.0. The van der Waals surface area contributed by atoms with E-state index in [1.54, 1.807) is 0 Å². The van der Waals surface area contributed by atoms with E-state index in [4.69, 9.17) is 5.73 Å². The van der Waals surface area contributed by atoms with E-state index in [2.05, 4.69) is 4.98 Å². The number of nitrogens with zero attached hydrogens (tertiary/aromatic N) is 1. The summed E-state index contributed by atoms with van der Waals surface area (Å²) in [4.78, 5) is 4.39. The van der Waals surface area contributed by atoms with Gasteiger partial charge in [-0.3, -0.25) is 4.98 Å².